The number of rotatable bonds is 4. The second-order valence-corrected chi connectivity index (χ2v) is 4.91. The Labute approximate surface area is 109 Å². The van der Waals surface area contributed by atoms with Crippen LogP contribution in [0.1, 0.15) is 11.3 Å². The Morgan fingerprint density at radius 2 is 2.06 bits per heavy atom. The first kappa shape index (κ1) is 12.2. The van der Waals surface area contributed by atoms with E-state index in [1.54, 1.807) is 6.26 Å². The summed E-state index contributed by atoms with van der Waals surface area (Å²) in [6, 6.07) is 9.73. The summed E-state index contributed by atoms with van der Waals surface area (Å²) in [6.07, 6.45) is 1.69. The second kappa shape index (κ2) is 5.38. The highest BCUT2D eigenvalue weighted by Crippen LogP contribution is 2.24. The first-order valence-corrected chi connectivity index (χ1v) is 6.20. The number of benzene rings is 1. The van der Waals surface area contributed by atoms with Crippen molar-refractivity contribution in [3.63, 3.8) is 0 Å². The molecule has 0 aliphatic rings. The Balaban J connectivity index is 2.05. The van der Waals surface area contributed by atoms with Crippen molar-refractivity contribution < 1.29 is 4.42 Å². The van der Waals surface area contributed by atoms with Gasteiger partial charge in [0.15, 0.2) is 0 Å². The quantitative estimate of drug-likeness (QED) is 0.880. The summed E-state index contributed by atoms with van der Waals surface area (Å²) in [7, 11) is 2.04. The molecule has 1 aromatic carbocycles. The summed E-state index contributed by atoms with van der Waals surface area (Å²) in [5, 5.41) is 0. The monoisotopic (exact) mass is 294 g/mol. The minimum Gasteiger partial charge on any atom is -0.468 e. The third kappa shape index (κ3) is 3.11. The van der Waals surface area contributed by atoms with Crippen LogP contribution in [-0.2, 0) is 13.1 Å². The van der Waals surface area contributed by atoms with E-state index in [4.69, 9.17) is 10.2 Å². The lowest BCUT2D eigenvalue weighted by molar-refractivity contribution is 0.288. The van der Waals surface area contributed by atoms with Gasteiger partial charge in [-0.3, -0.25) is 4.90 Å². The molecule has 90 valence electrons. The average molecular weight is 295 g/mol. The Morgan fingerprint density at radius 3 is 2.71 bits per heavy atom. The molecule has 0 saturated carbocycles. The van der Waals surface area contributed by atoms with Gasteiger partial charge in [-0.25, -0.2) is 0 Å². The summed E-state index contributed by atoms with van der Waals surface area (Å²) in [6.45, 7) is 1.56. The molecule has 17 heavy (non-hydrogen) atoms. The standard InChI is InChI=1S/C13H15BrN2O/c1-16(8-10-4-3-7-17-10)9-11-12(14)5-2-6-13(11)15/h2-7H,8-9,15H2,1H3. The SMILES string of the molecule is CN(Cc1ccco1)Cc1c(N)cccc1Br. The lowest BCUT2D eigenvalue weighted by atomic mass is 10.1. The maximum absolute atomic E-state index is 5.96. The predicted octanol–water partition coefficient (Wildman–Crippen LogP) is 3.26. The number of hydrogen-bond donors (Lipinski definition) is 1. The average Bonchev–Trinajstić information content (AvgIpc) is 2.76. The van der Waals surface area contributed by atoms with Crippen molar-refractivity contribution in [1.29, 1.82) is 0 Å². The van der Waals surface area contributed by atoms with Crippen LogP contribution in [-0.4, -0.2) is 11.9 Å². The van der Waals surface area contributed by atoms with E-state index in [1.807, 2.05) is 37.4 Å². The summed E-state index contributed by atoms with van der Waals surface area (Å²) in [5.41, 5.74) is 7.89. The number of nitrogens with two attached hydrogens (primary N) is 1. The number of furan rings is 1. The molecule has 1 heterocycles. The largest absolute Gasteiger partial charge is 0.468 e. The smallest absolute Gasteiger partial charge is 0.117 e. The zero-order valence-corrected chi connectivity index (χ0v) is 11.3. The van der Waals surface area contributed by atoms with E-state index in [9.17, 15) is 0 Å². The Kier molecular flexibility index (Phi) is 3.86. The molecular formula is C13H15BrN2O. The molecule has 0 spiro atoms. The van der Waals surface area contributed by atoms with Crippen molar-refractivity contribution in [3.05, 3.63) is 52.4 Å². The fourth-order valence-corrected chi connectivity index (χ4v) is 2.24. The molecule has 3 nitrogen and oxygen atoms in total. The van der Waals surface area contributed by atoms with Crippen LogP contribution >= 0.6 is 15.9 Å². The van der Waals surface area contributed by atoms with E-state index in [0.717, 1.165) is 34.6 Å². The zero-order valence-electron chi connectivity index (χ0n) is 9.69. The summed E-state index contributed by atoms with van der Waals surface area (Å²) >= 11 is 3.52. The van der Waals surface area contributed by atoms with Crippen LogP contribution in [0.25, 0.3) is 0 Å². The molecule has 2 rings (SSSR count). The van der Waals surface area contributed by atoms with Gasteiger partial charge in [0.1, 0.15) is 5.76 Å². The van der Waals surface area contributed by atoms with E-state index in [-0.39, 0.29) is 0 Å². The fourth-order valence-electron chi connectivity index (χ4n) is 1.74. The topological polar surface area (TPSA) is 42.4 Å². The van der Waals surface area contributed by atoms with Crippen LogP contribution in [0, 0.1) is 0 Å². The lowest BCUT2D eigenvalue weighted by Crippen LogP contribution is -2.18. The van der Waals surface area contributed by atoms with Crippen molar-refractivity contribution >= 4 is 21.6 Å². The van der Waals surface area contributed by atoms with E-state index in [1.165, 1.54) is 0 Å². The zero-order chi connectivity index (χ0) is 12.3. The summed E-state index contributed by atoms with van der Waals surface area (Å²) in [5.74, 6) is 0.957. The van der Waals surface area contributed by atoms with Crippen LogP contribution in [0.5, 0.6) is 0 Å². The minimum absolute atomic E-state index is 0.772. The van der Waals surface area contributed by atoms with Crippen molar-refractivity contribution in [2.75, 3.05) is 12.8 Å². The number of nitrogens with zero attached hydrogens (tertiary/aromatic N) is 1. The molecule has 0 aliphatic carbocycles. The Bertz CT molecular complexity index is 462. The Morgan fingerprint density at radius 1 is 1.24 bits per heavy atom. The molecule has 0 atom stereocenters. The number of hydrogen-bond acceptors (Lipinski definition) is 3. The maximum Gasteiger partial charge on any atom is 0.117 e. The highest BCUT2D eigenvalue weighted by atomic mass is 79.9. The number of anilines is 1. The van der Waals surface area contributed by atoms with E-state index < -0.39 is 0 Å². The predicted molar refractivity (Wildman–Crippen MR) is 72.4 cm³/mol. The maximum atomic E-state index is 5.96. The molecule has 0 fully saturated rings. The van der Waals surface area contributed by atoms with Gasteiger partial charge in [-0.15, -0.1) is 0 Å². The van der Waals surface area contributed by atoms with Gasteiger partial charge in [0.2, 0.25) is 0 Å². The molecule has 0 bridgehead atoms. The molecule has 0 radical (unpaired) electrons. The van der Waals surface area contributed by atoms with Crippen LogP contribution in [0.2, 0.25) is 0 Å². The highest BCUT2D eigenvalue weighted by Gasteiger charge is 2.08. The van der Waals surface area contributed by atoms with Crippen molar-refractivity contribution in [2.24, 2.45) is 0 Å². The van der Waals surface area contributed by atoms with Crippen LogP contribution in [0.15, 0.2) is 45.5 Å². The van der Waals surface area contributed by atoms with Gasteiger partial charge >= 0.3 is 0 Å². The highest BCUT2D eigenvalue weighted by molar-refractivity contribution is 9.10. The lowest BCUT2D eigenvalue weighted by Gasteiger charge is -2.17. The molecule has 0 amide bonds. The van der Waals surface area contributed by atoms with Crippen molar-refractivity contribution in [1.82, 2.24) is 4.90 Å². The minimum atomic E-state index is 0.772. The van der Waals surface area contributed by atoms with Crippen LogP contribution < -0.4 is 5.73 Å². The number of halogens is 1. The normalized spacial score (nSPS) is 11.0. The molecular weight excluding hydrogens is 280 g/mol. The van der Waals surface area contributed by atoms with Crippen LogP contribution in [0.4, 0.5) is 5.69 Å². The number of nitrogen functional groups attached to an aromatic ring is 1. The molecule has 0 saturated heterocycles. The third-order valence-corrected chi connectivity index (χ3v) is 3.33. The van der Waals surface area contributed by atoms with Crippen molar-refractivity contribution in [2.45, 2.75) is 13.1 Å². The third-order valence-electron chi connectivity index (χ3n) is 2.59. The van der Waals surface area contributed by atoms with Gasteiger partial charge in [-0.2, -0.15) is 0 Å². The van der Waals surface area contributed by atoms with Gasteiger partial charge in [-0.1, -0.05) is 22.0 Å². The molecule has 2 N–H and O–H groups in total. The van der Waals surface area contributed by atoms with Crippen LogP contribution in [0.3, 0.4) is 0 Å². The van der Waals surface area contributed by atoms with E-state index in [0.29, 0.717) is 0 Å². The second-order valence-electron chi connectivity index (χ2n) is 4.06. The molecule has 4 heteroatoms. The molecule has 0 unspecified atom stereocenters. The van der Waals surface area contributed by atoms with E-state index >= 15 is 0 Å². The van der Waals surface area contributed by atoms with E-state index in [2.05, 4.69) is 20.8 Å². The molecule has 0 aliphatic heterocycles. The van der Waals surface area contributed by atoms with Gasteiger partial charge in [0, 0.05) is 22.3 Å². The van der Waals surface area contributed by atoms with Crippen molar-refractivity contribution in [3.8, 4) is 0 Å². The fraction of sp³-hybridized carbons (Fsp3) is 0.231. The first-order chi connectivity index (χ1) is 8.16. The summed E-state index contributed by atoms with van der Waals surface area (Å²) < 4.78 is 6.36. The van der Waals surface area contributed by atoms with Gasteiger partial charge < -0.3 is 10.2 Å². The molecule has 2 aromatic rings. The van der Waals surface area contributed by atoms with Gasteiger partial charge in [0.05, 0.1) is 12.8 Å². The Hall–Kier alpha value is -1.26. The van der Waals surface area contributed by atoms with Gasteiger partial charge in [-0.05, 0) is 31.3 Å². The van der Waals surface area contributed by atoms with Gasteiger partial charge in [0.25, 0.3) is 0 Å². The first-order valence-electron chi connectivity index (χ1n) is 5.40. The molecule has 1 aromatic heterocycles. The summed E-state index contributed by atoms with van der Waals surface area (Å²) in [4.78, 5) is 2.16.